The van der Waals surface area contributed by atoms with Gasteiger partial charge in [-0.1, -0.05) is 26.0 Å². The number of guanidine groups is 2. The smallest absolute Gasteiger partial charge is 0.341 e. The van der Waals surface area contributed by atoms with Crippen LogP contribution in [0.15, 0.2) is 68.1 Å². The molecule has 0 saturated heterocycles. The van der Waals surface area contributed by atoms with Crippen molar-refractivity contribution in [1.82, 2.24) is 35.8 Å². The minimum atomic E-state index is -0.868. The average Bonchev–Trinajstić information content (AvgIpc) is 4.02. The Morgan fingerprint density at radius 2 is 1.77 bits per heavy atom. The third-order valence-electron chi connectivity index (χ3n) is 12.5. The number of hydrogen-bond donors (Lipinski definition) is 6. The van der Waals surface area contributed by atoms with E-state index >= 15 is 0 Å². The number of nitrogens with one attached hydrogen (secondary N) is 4. The number of carbonyl (C=O) groups is 3. The summed E-state index contributed by atoms with van der Waals surface area (Å²) < 4.78 is 7.64. The number of aromatic nitrogens is 3. The molecule has 3 aliphatic heterocycles. The standard InChI is InChI=1S/C40H51N11O6/c1-21-27(39(4)8-7-32(53)40(5,19-52)31(39)17-28(21)47-22(2)34(54)49-37-41-9-10-42-37)16-29(48-23(3)35(55)50-38-43-11-12-44-38)26-15-25(57-36(26)56)13-24-14-30-33(45-18-24)51(6)20-46-30/h9,11,13-15,18,20,22-23,27-29,31-32,47-48,52-53H,1,7-8,10,12,16-17,19H2,2-6H3,(H,42,49,54)(H,44,50,55)/b25-13+/t22?,23?,27?,28?,29?,31?,32-,39-,40+/m1/s1. The third kappa shape index (κ3) is 7.88. The summed E-state index contributed by atoms with van der Waals surface area (Å²) in [5, 5.41) is 34.7. The van der Waals surface area contributed by atoms with Gasteiger partial charge in [0.2, 0.25) is 23.7 Å². The second kappa shape index (κ2) is 16.0. The molecule has 7 rings (SSSR count). The highest BCUT2D eigenvalue weighted by Crippen LogP contribution is 2.62. The van der Waals surface area contributed by atoms with Crippen molar-refractivity contribution in [2.45, 2.75) is 83.6 Å². The van der Waals surface area contributed by atoms with Gasteiger partial charge in [0, 0.05) is 43.2 Å². The van der Waals surface area contributed by atoms with E-state index in [0.717, 1.165) is 11.2 Å². The number of carbonyl (C=O) groups excluding carboxylic acids is 3. The van der Waals surface area contributed by atoms with E-state index in [1.807, 2.05) is 24.6 Å². The zero-order chi connectivity index (χ0) is 40.6. The Kier molecular flexibility index (Phi) is 11.2. The fourth-order valence-electron chi connectivity index (χ4n) is 9.20. The van der Waals surface area contributed by atoms with Crippen LogP contribution in [-0.4, -0.2) is 117 Å². The molecule has 0 radical (unpaired) electrons. The number of rotatable bonds is 11. The minimum absolute atomic E-state index is 0.215. The van der Waals surface area contributed by atoms with Gasteiger partial charge in [-0.05, 0) is 80.6 Å². The fourth-order valence-corrected chi connectivity index (χ4v) is 9.20. The highest BCUT2D eigenvalue weighted by molar-refractivity contribution is 6.05. The number of cyclic esters (lactones) is 1. The van der Waals surface area contributed by atoms with Crippen molar-refractivity contribution in [2.75, 3.05) is 19.7 Å². The molecule has 0 spiro atoms. The van der Waals surface area contributed by atoms with Crippen LogP contribution in [0.1, 0.15) is 58.9 Å². The number of esters is 1. The molecule has 6 N–H and O–H groups in total. The zero-order valence-corrected chi connectivity index (χ0v) is 32.9. The number of aliphatic hydroxyl groups excluding tert-OH is 2. The number of aryl methyl sites for hydroxylation is 1. The molecule has 9 atom stereocenters. The number of imidazole rings is 1. The summed E-state index contributed by atoms with van der Waals surface area (Å²) in [4.78, 5) is 66.1. The van der Waals surface area contributed by atoms with E-state index in [2.05, 4.69) is 64.7 Å². The first-order chi connectivity index (χ1) is 27.2. The molecular weight excluding hydrogens is 731 g/mol. The van der Waals surface area contributed by atoms with Crippen LogP contribution in [0.4, 0.5) is 0 Å². The Bertz CT molecular complexity index is 2150. The van der Waals surface area contributed by atoms with Crippen LogP contribution in [0.25, 0.3) is 17.2 Å². The molecular formula is C40H51N11O6. The summed E-state index contributed by atoms with van der Waals surface area (Å²) in [7, 11) is 1.86. The van der Waals surface area contributed by atoms with Gasteiger partial charge in [-0.25, -0.2) is 34.7 Å². The van der Waals surface area contributed by atoms with E-state index in [1.54, 1.807) is 51.0 Å². The van der Waals surface area contributed by atoms with Gasteiger partial charge in [0.05, 0.1) is 49.8 Å². The van der Waals surface area contributed by atoms with Crippen molar-refractivity contribution in [3.63, 3.8) is 0 Å². The molecule has 302 valence electrons. The van der Waals surface area contributed by atoms with E-state index in [1.165, 1.54) is 0 Å². The molecule has 17 nitrogen and oxygen atoms in total. The highest BCUT2D eigenvalue weighted by atomic mass is 16.5. The Labute approximate surface area is 330 Å². The monoisotopic (exact) mass is 781 g/mol. The molecule has 2 aliphatic carbocycles. The maximum Gasteiger partial charge on any atom is 0.341 e. The summed E-state index contributed by atoms with van der Waals surface area (Å²) in [5.74, 6) is -1.03. The SMILES string of the molecule is C=C1C(NC(C)C(=O)NC2=NCC=N2)CC2[C@](C)(CC[C@@H](O)[C@@]2(C)CO)C1CC(NC(C)C(=O)NC1=NCC=N1)C1=C/C(=C\c2cnc3c(c2)ncn3C)OC1=O. The lowest BCUT2D eigenvalue weighted by Gasteiger charge is -2.62. The van der Waals surface area contributed by atoms with Gasteiger partial charge in [-0.15, -0.1) is 0 Å². The fraction of sp³-hybridized carbons (Fsp3) is 0.525. The molecule has 57 heavy (non-hydrogen) atoms. The van der Waals surface area contributed by atoms with Gasteiger partial charge in [0.25, 0.3) is 0 Å². The number of nitrogens with zero attached hydrogens (tertiary/aromatic N) is 7. The normalized spacial score (nSPS) is 30.4. The van der Waals surface area contributed by atoms with E-state index in [-0.39, 0.29) is 42.2 Å². The molecule has 2 aromatic rings. The summed E-state index contributed by atoms with van der Waals surface area (Å²) in [6.45, 7) is 12.7. The number of hydrogen-bond acceptors (Lipinski definition) is 14. The predicted octanol–water partition coefficient (Wildman–Crippen LogP) is 1.34. The zero-order valence-electron chi connectivity index (χ0n) is 32.9. The lowest BCUT2D eigenvalue weighted by molar-refractivity contribution is -0.156. The van der Waals surface area contributed by atoms with Gasteiger partial charge >= 0.3 is 5.97 Å². The average molecular weight is 782 g/mol. The van der Waals surface area contributed by atoms with Crippen LogP contribution in [0.5, 0.6) is 0 Å². The number of ether oxygens (including phenoxy) is 1. The van der Waals surface area contributed by atoms with Crippen molar-refractivity contribution < 1.29 is 29.3 Å². The Hall–Kier alpha value is -5.23. The molecule has 2 aromatic heterocycles. The Morgan fingerprint density at radius 3 is 2.42 bits per heavy atom. The molecule has 0 aromatic carbocycles. The molecule has 6 unspecified atom stereocenters. The van der Waals surface area contributed by atoms with Gasteiger partial charge < -0.3 is 19.5 Å². The summed E-state index contributed by atoms with van der Waals surface area (Å²) >= 11 is 0. The van der Waals surface area contributed by atoms with Crippen molar-refractivity contribution in [3.8, 4) is 0 Å². The van der Waals surface area contributed by atoms with E-state index in [9.17, 15) is 24.6 Å². The van der Waals surface area contributed by atoms with Crippen molar-refractivity contribution in [2.24, 2.45) is 49.7 Å². The second-order valence-corrected chi connectivity index (χ2v) is 16.2. The van der Waals surface area contributed by atoms with E-state index in [0.29, 0.717) is 61.2 Å². The van der Waals surface area contributed by atoms with Crippen molar-refractivity contribution >= 4 is 59.4 Å². The molecule has 0 bridgehead atoms. The first-order valence-electron chi connectivity index (χ1n) is 19.4. The lowest BCUT2D eigenvalue weighted by Crippen LogP contribution is -2.63. The molecule has 5 aliphatic rings. The molecule has 5 heterocycles. The molecule has 2 fully saturated rings. The minimum Gasteiger partial charge on any atom is -0.423 e. The first-order valence-corrected chi connectivity index (χ1v) is 19.4. The summed E-state index contributed by atoms with van der Waals surface area (Å²) in [6, 6.07) is -0.757. The Balaban J connectivity index is 1.23. The molecule has 2 saturated carbocycles. The van der Waals surface area contributed by atoms with Gasteiger partial charge in [-0.2, -0.15) is 0 Å². The van der Waals surface area contributed by atoms with Crippen LogP contribution in [0.2, 0.25) is 0 Å². The number of aliphatic hydroxyl groups is 2. The number of pyridine rings is 1. The molecule has 17 heteroatoms. The van der Waals surface area contributed by atoms with Crippen LogP contribution in [-0.2, 0) is 26.2 Å². The van der Waals surface area contributed by atoms with Crippen molar-refractivity contribution in [1.29, 1.82) is 0 Å². The first kappa shape index (κ1) is 40.0. The maximum atomic E-state index is 13.9. The quantitative estimate of drug-likeness (QED) is 0.142. The number of fused-ring (bicyclic) bond motifs is 2. The van der Waals surface area contributed by atoms with Crippen LogP contribution in [0, 0.1) is 22.7 Å². The van der Waals surface area contributed by atoms with Crippen LogP contribution >= 0.6 is 0 Å². The topological polar surface area (TPSA) is 229 Å². The van der Waals surface area contributed by atoms with Gasteiger partial charge in [-0.3, -0.25) is 30.9 Å². The lowest BCUT2D eigenvalue weighted by atomic mass is 9.45. The van der Waals surface area contributed by atoms with Crippen LogP contribution in [0.3, 0.4) is 0 Å². The number of amides is 2. The third-order valence-corrected chi connectivity index (χ3v) is 12.5. The highest BCUT2D eigenvalue weighted by Gasteiger charge is 2.60. The van der Waals surface area contributed by atoms with E-state index in [4.69, 9.17) is 4.74 Å². The predicted molar refractivity (Wildman–Crippen MR) is 215 cm³/mol. The van der Waals surface area contributed by atoms with Gasteiger partial charge in [0.1, 0.15) is 11.3 Å². The van der Waals surface area contributed by atoms with Crippen LogP contribution < -0.4 is 21.3 Å². The van der Waals surface area contributed by atoms with Crippen molar-refractivity contribution in [3.05, 3.63) is 53.7 Å². The van der Waals surface area contributed by atoms with Gasteiger partial charge in [0.15, 0.2) is 5.65 Å². The second-order valence-electron chi connectivity index (χ2n) is 16.2. The largest absolute Gasteiger partial charge is 0.423 e. The molecule has 2 amide bonds. The maximum absolute atomic E-state index is 13.9. The number of allylic oxidation sites excluding steroid dienone is 1. The Morgan fingerprint density at radius 1 is 1.09 bits per heavy atom. The summed E-state index contributed by atoms with van der Waals surface area (Å²) in [6.07, 6.45) is 11.1. The number of aliphatic imine (C=N–C) groups is 4. The summed E-state index contributed by atoms with van der Waals surface area (Å²) in [5.41, 5.74) is 1.86. The van der Waals surface area contributed by atoms with E-state index < -0.39 is 47.1 Å².